The van der Waals surface area contributed by atoms with Gasteiger partial charge in [-0.3, -0.25) is 9.59 Å². The number of carbonyl (C=O) groups excluding carboxylic acids is 1. The van der Waals surface area contributed by atoms with Gasteiger partial charge in [0.2, 0.25) is 5.91 Å². The summed E-state index contributed by atoms with van der Waals surface area (Å²) in [5, 5.41) is 10.1. The van der Waals surface area contributed by atoms with Crippen LogP contribution in [0.25, 0.3) is 11.3 Å². The maximum Gasteiger partial charge on any atom is 0.267 e. The third-order valence-corrected chi connectivity index (χ3v) is 3.34. The Morgan fingerprint density at radius 2 is 1.92 bits per heavy atom. The topological polar surface area (TPSA) is 85.2 Å². The zero-order valence-corrected chi connectivity index (χ0v) is 13.7. The van der Waals surface area contributed by atoms with E-state index in [1.54, 1.807) is 13.2 Å². The van der Waals surface area contributed by atoms with Crippen LogP contribution in [0, 0.1) is 0 Å². The monoisotopic (exact) mass is 330 g/mol. The summed E-state index contributed by atoms with van der Waals surface area (Å²) in [6.07, 6.45) is 0. The SMILES string of the molecule is COCCNCCNC(=O)Cn1nc(-c2ccccc2)ccc1=O. The van der Waals surface area contributed by atoms with Gasteiger partial charge < -0.3 is 15.4 Å². The van der Waals surface area contributed by atoms with Crippen molar-refractivity contribution in [1.29, 1.82) is 0 Å². The van der Waals surface area contributed by atoms with Crippen LogP contribution in [0.5, 0.6) is 0 Å². The number of rotatable bonds is 9. The summed E-state index contributed by atoms with van der Waals surface area (Å²) < 4.78 is 6.09. The van der Waals surface area contributed by atoms with E-state index < -0.39 is 0 Å². The second-order valence-electron chi connectivity index (χ2n) is 5.17. The van der Waals surface area contributed by atoms with Crippen molar-refractivity contribution in [2.75, 3.05) is 33.4 Å². The molecule has 1 aromatic carbocycles. The lowest BCUT2D eigenvalue weighted by Gasteiger charge is -2.09. The number of ether oxygens (including phenoxy) is 1. The molecule has 128 valence electrons. The maximum atomic E-state index is 11.9. The first-order chi connectivity index (χ1) is 11.7. The standard InChI is InChI=1S/C17H22N4O3/c1-24-12-11-18-9-10-19-16(22)13-21-17(23)8-7-15(20-21)14-5-3-2-4-6-14/h2-8,18H,9-13H2,1H3,(H,19,22). The molecule has 0 aliphatic heterocycles. The number of nitrogens with zero attached hydrogens (tertiary/aromatic N) is 2. The molecule has 0 aliphatic rings. The summed E-state index contributed by atoms with van der Waals surface area (Å²) in [7, 11) is 1.64. The van der Waals surface area contributed by atoms with E-state index in [9.17, 15) is 9.59 Å². The molecular formula is C17H22N4O3. The van der Waals surface area contributed by atoms with Gasteiger partial charge in [0, 0.05) is 38.4 Å². The lowest BCUT2D eigenvalue weighted by Crippen LogP contribution is -2.37. The third-order valence-electron chi connectivity index (χ3n) is 3.34. The Kier molecular flexibility index (Phi) is 7.13. The summed E-state index contributed by atoms with van der Waals surface area (Å²) in [5.74, 6) is -0.247. The molecule has 0 atom stereocenters. The Hall–Kier alpha value is -2.51. The van der Waals surface area contributed by atoms with Gasteiger partial charge in [-0.2, -0.15) is 5.10 Å². The first-order valence-electron chi connectivity index (χ1n) is 7.80. The van der Waals surface area contributed by atoms with Crippen LogP contribution in [-0.2, 0) is 16.1 Å². The molecule has 0 spiro atoms. The van der Waals surface area contributed by atoms with Gasteiger partial charge >= 0.3 is 0 Å². The van der Waals surface area contributed by atoms with Gasteiger partial charge in [-0.05, 0) is 6.07 Å². The predicted molar refractivity (Wildman–Crippen MR) is 91.7 cm³/mol. The molecule has 0 bridgehead atoms. The second-order valence-corrected chi connectivity index (χ2v) is 5.17. The van der Waals surface area contributed by atoms with Crippen molar-refractivity contribution >= 4 is 5.91 Å². The van der Waals surface area contributed by atoms with Gasteiger partial charge in [0.05, 0.1) is 12.3 Å². The largest absolute Gasteiger partial charge is 0.383 e. The zero-order valence-electron chi connectivity index (χ0n) is 13.7. The lowest BCUT2D eigenvalue weighted by molar-refractivity contribution is -0.121. The van der Waals surface area contributed by atoms with Crippen molar-refractivity contribution in [2.45, 2.75) is 6.54 Å². The lowest BCUT2D eigenvalue weighted by atomic mass is 10.1. The van der Waals surface area contributed by atoms with Crippen molar-refractivity contribution in [3.8, 4) is 11.3 Å². The highest BCUT2D eigenvalue weighted by atomic mass is 16.5. The highest BCUT2D eigenvalue weighted by molar-refractivity contribution is 5.75. The molecule has 0 aliphatic carbocycles. The summed E-state index contributed by atoms with van der Waals surface area (Å²) in [6.45, 7) is 2.38. The fraction of sp³-hybridized carbons (Fsp3) is 0.353. The van der Waals surface area contributed by atoms with Gasteiger partial charge in [-0.15, -0.1) is 0 Å². The normalized spacial score (nSPS) is 10.5. The fourth-order valence-electron chi connectivity index (χ4n) is 2.11. The highest BCUT2D eigenvalue weighted by Crippen LogP contribution is 2.13. The molecule has 7 nitrogen and oxygen atoms in total. The summed E-state index contributed by atoms with van der Waals surface area (Å²) >= 11 is 0. The number of carbonyl (C=O) groups is 1. The van der Waals surface area contributed by atoms with Crippen molar-refractivity contribution in [3.05, 3.63) is 52.8 Å². The van der Waals surface area contributed by atoms with Crippen LogP contribution in [0.2, 0.25) is 0 Å². The van der Waals surface area contributed by atoms with Crippen LogP contribution < -0.4 is 16.2 Å². The smallest absolute Gasteiger partial charge is 0.267 e. The van der Waals surface area contributed by atoms with Crippen LogP contribution >= 0.6 is 0 Å². The molecule has 0 fully saturated rings. The van der Waals surface area contributed by atoms with Crippen LogP contribution in [0.15, 0.2) is 47.3 Å². The van der Waals surface area contributed by atoms with Gasteiger partial charge in [0.1, 0.15) is 6.54 Å². The highest BCUT2D eigenvalue weighted by Gasteiger charge is 2.07. The number of aromatic nitrogens is 2. The minimum Gasteiger partial charge on any atom is -0.383 e. The molecule has 0 saturated heterocycles. The Balaban J connectivity index is 1.90. The Labute approximate surface area is 140 Å². The molecule has 24 heavy (non-hydrogen) atoms. The fourth-order valence-corrected chi connectivity index (χ4v) is 2.11. The quantitative estimate of drug-likeness (QED) is 0.644. The van der Waals surface area contributed by atoms with Crippen LogP contribution in [-0.4, -0.2) is 49.0 Å². The van der Waals surface area contributed by atoms with Gasteiger partial charge in [-0.1, -0.05) is 30.3 Å². The van der Waals surface area contributed by atoms with E-state index in [0.717, 1.165) is 12.1 Å². The number of amides is 1. The summed E-state index contributed by atoms with van der Waals surface area (Å²) in [6, 6.07) is 12.6. The average Bonchev–Trinajstić information content (AvgIpc) is 2.60. The van der Waals surface area contributed by atoms with Crippen molar-refractivity contribution < 1.29 is 9.53 Å². The van der Waals surface area contributed by atoms with E-state index in [0.29, 0.717) is 25.4 Å². The van der Waals surface area contributed by atoms with Crippen molar-refractivity contribution in [2.24, 2.45) is 0 Å². The summed E-state index contributed by atoms with van der Waals surface area (Å²) in [5.41, 5.74) is 1.25. The van der Waals surface area contributed by atoms with E-state index in [1.165, 1.54) is 10.7 Å². The maximum absolute atomic E-state index is 11.9. The van der Waals surface area contributed by atoms with Crippen LogP contribution in [0.4, 0.5) is 0 Å². The van der Waals surface area contributed by atoms with Gasteiger partial charge in [0.25, 0.3) is 5.56 Å². The van der Waals surface area contributed by atoms with Crippen molar-refractivity contribution in [3.63, 3.8) is 0 Å². The van der Waals surface area contributed by atoms with E-state index in [1.807, 2.05) is 30.3 Å². The zero-order chi connectivity index (χ0) is 17.2. The van der Waals surface area contributed by atoms with E-state index in [4.69, 9.17) is 4.74 Å². The first kappa shape index (κ1) is 17.8. The number of nitrogens with one attached hydrogen (secondary N) is 2. The molecular weight excluding hydrogens is 308 g/mol. The van der Waals surface area contributed by atoms with E-state index in [2.05, 4.69) is 15.7 Å². The molecule has 1 amide bonds. The summed E-state index contributed by atoms with van der Waals surface area (Å²) in [4.78, 5) is 23.8. The molecule has 2 N–H and O–H groups in total. The molecule has 0 saturated carbocycles. The van der Waals surface area contributed by atoms with Crippen LogP contribution in [0.3, 0.4) is 0 Å². The average molecular weight is 330 g/mol. The predicted octanol–water partition coefficient (Wildman–Crippen LogP) is 0.263. The van der Waals surface area contributed by atoms with Gasteiger partial charge in [0.15, 0.2) is 0 Å². The molecule has 1 heterocycles. The van der Waals surface area contributed by atoms with E-state index >= 15 is 0 Å². The van der Waals surface area contributed by atoms with Gasteiger partial charge in [-0.25, -0.2) is 4.68 Å². The number of methoxy groups -OCH3 is 1. The minimum atomic E-state index is -0.303. The number of hydrogen-bond acceptors (Lipinski definition) is 5. The Bertz CT molecular complexity index is 700. The van der Waals surface area contributed by atoms with Crippen LogP contribution in [0.1, 0.15) is 0 Å². The van der Waals surface area contributed by atoms with Crippen molar-refractivity contribution in [1.82, 2.24) is 20.4 Å². The Morgan fingerprint density at radius 1 is 1.12 bits per heavy atom. The molecule has 2 aromatic rings. The molecule has 0 radical (unpaired) electrons. The molecule has 1 aromatic heterocycles. The molecule has 0 unspecified atom stereocenters. The second kappa shape index (κ2) is 9.59. The molecule has 7 heteroatoms. The minimum absolute atomic E-state index is 0.0996. The number of benzene rings is 1. The Morgan fingerprint density at radius 3 is 2.67 bits per heavy atom. The first-order valence-corrected chi connectivity index (χ1v) is 7.80. The molecule has 2 rings (SSSR count). The van der Waals surface area contributed by atoms with E-state index in [-0.39, 0.29) is 18.0 Å². The number of hydrogen-bond donors (Lipinski definition) is 2. The third kappa shape index (κ3) is 5.60.